The molecular weight excluding hydrogens is 385 g/mol. The number of nitrogens with one attached hydrogen (secondary N) is 1. The van der Waals surface area contributed by atoms with Crippen LogP contribution in [0.3, 0.4) is 0 Å². The standard InChI is InChI=1S/C14H16IN3OS/c1-3-18(10(2)19)14-17-13(9-20-14)8-16-12-6-4-11(15)5-7-12/h4-7,9,16H,3,8H2,1-2H3. The third kappa shape index (κ3) is 3.92. The molecule has 2 aromatic rings. The summed E-state index contributed by atoms with van der Waals surface area (Å²) in [5.74, 6) is 0.0268. The summed E-state index contributed by atoms with van der Waals surface area (Å²) in [4.78, 5) is 17.6. The van der Waals surface area contributed by atoms with Gasteiger partial charge >= 0.3 is 0 Å². The van der Waals surface area contributed by atoms with E-state index < -0.39 is 0 Å². The van der Waals surface area contributed by atoms with E-state index in [4.69, 9.17) is 0 Å². The number of thiazole rings is 1. The Morgan fingerprint density at radius 3 is 2.70 bits per heavy atom. The lowest BCUT2D eigenvalue weighted by atomic mass is 10.3. The van der Waals surface area contributed by atoms with Gasteiger partial charge in [-0.25, -0.2) is 4.98 Å². The number of nitrogens with zero attached hydrogens (tertiary/aromatic N) is 2. The minimum atomic E-state index is 0.0268. The maximum Gasteiger partial charge on any atom is 0.225 e. The maximum absolute atomic E-state index is 11.5. The van der Waals surface area contributed by atoms with Crippen LogP contribution < -0.4 is 10.2 Å². The summed E-state index contributed by atoms with van der Waals surface area (Å²) in [6.45, 7) is 4.82. The van der Waals surface area contributed by atoms with E-state index in [2.05, 4.69) is 45.0 Å². The van der Waals surface area contributed by atoms with Gasteiger partial charge in [-0.3, -0.25) is 9.69 Å². The Bertz CT molecular complexity index is 582. The molecule has 106 valence electrons. The van der Waals surface area contributed by atoms with Crippen molar-refractivity contribution in [3.63, 3.8) is 0 Å². The number of rotatable bonds is 5. The summed E-state index contributed by atoms with van der Waals surface area (Å²) < 4.78 is 1.21. The zero-order chi connectivity index (χ0) is 14.5. The van der Waals surface area contributed by atoms with Crippen LogP contribution in [-0.2, 0) is 11.3 Å². The van der Waals surface area contributed by atoms with Crippen LogP contribution in [0.4, 0.5) is 10.8 Å². The third-order valence-electron chi connectivity index (χ3n) is 2.78. The van der Waals surface area contributed by atoms with Crippen molar-refractivity contribution in [3.8, 4) is 0 Å². The van der Waals surface area contributed by atoms with Crippen LogP contribution in [0.5, 0.6) is 0 Å². The van der Waals surface area contributed by atoms with Crippen molar-refractivity contribution in [3.05, 3.63) is 38.9 Å². The van der Waals surface area contributed by atoms with Gasteiger partial charge in [-0.2, -0.15) is 0 Å². The zero-order valence-corrected chi connectivity index (χ0v) is 14.4. The molecule has 4 nitrogen and oxygen atoms in total. The number of halogens is 1. The molecular formula is C14H16IN3OS. The van der Waals surface area contributed by atoms with Crippen molar-refractivity contribution in [2.75, 3.05) is 16.8 Å². The maximum atomic E-state index is 11.5. The molecule has 0 aliphatic rings. The molecule has 2 rings (SSSR count). The van der Waals surface area contributed by atoms with Crippen molar-refractivity contribution in [2.45, 2.75) is 20.4 Å². The van der Waals surface area contributed by atoms with Crippen molar-refractivity contribution in [2.24, 2.45) is 0 Å². The summed E-state index contributed by atoms with van der Waals surface area (Å²) in [5, 5.41) is 6.08. The first-order valence-electron chi connectivity index (χ1n) is 6.32. The molecule has 0 fully saturated rings. The highest BCUT2D eigenvalue weighted by Crippen LogP contribution is 2.21. The number of anilines is 2. The van der Waals surface area contributed by atoms with E-state index in [-0.39, 0.29) is 5.91 Å². The fourth-order valence-corrected chi connectivity index (χ4v) is 3.05. The van der Waals surface area contributed by atoms with Gasteiger partial charge in [0.2, 0.25) is 5.91 Å². The number of amides is 1. The molecule has 20 heavy (non-hydrogen) atoms. The van der Waals surface area contributed by atoms with Crippen LogP contribution in [0.1, 0.15) is 19.5 Å². The van der Waals surface area contributed by atoms with E-state index in [9.17, 15) is 4.79 Å². The Morgan fingerprint density at radius 1 is 1.40 bits per heavy atom. The van der Waals surface area contributed by atoms with Crippen LogP contribution >= 0.6 is 33.9 Å². The highest BCUT2D eigenvalue weighted by molar-refractivity contribution is 14.1. The minimum absolute atomic E-state index is 0.0268. The first-order valence-corrected chi connectivity index (χ1v) is 8.28. The first kappa shape index (κ1) is 15.2. The molecule has 0 bridgehead atoms. The molecule has 0 radical (unpaired) electrons. The lowest BCUT2D eigenvalue weighted by Crippen LogP contribution is -2.27. The minimum Gasteiger partial charge on any atom is -0.379 e. The second kappa shape index (κ2) is 7.03. The van der Waals surface area contributed by atoms with E-state index in [1.54, 1.807) is 11.8 Å². The van der Waals surface area contributed by atoms with Crippen LogP contribution in [0.25, 0.3) is 0 Å². The number of hydrogen-bond acceptors (Lipinski definition) is 4. The topological polar surface area (TPSA) is 45.2 Å². The Labute approximate surface area is 136 Å². The molecule has 1 amide bonds. The molecule has 1 aromatic heterocycles. The SMILES string of the molecule is CCN(C(C)=O)c1nc(CNc2ccc(I)cc2)cs1. The predicted molar refractivity (Wildman–Crippen MR) is 92.3 cm³/mol. The van der Waals surface area contributed by atoms with Gasteiger partial charge in [-0.15, -0.1) is 11.3 Å². The predicted octanol–water partition coefficient (Wildman–Crippen LogP) is 3.73. The quantitative estimate of drug-likeness (QED) is 0.777. The van der Waals surface area contributed by atoms with Crippen molar-refractivity contribution in [1.29, 1.82) is 0 Å². The molecule has 0 spiro atoms. The van der Waals surface area contributed by atoms with E-state index in [1.807, 2.05) is 24.4 Å². The molecule has 6 heteroatoms. The summed E-state index contributed by atoms with van der Waals surface area (Å²) in [6.07, 6.45) is 0. The van der Waals surface area contributed by atoms with Crippen molar-refractivity contribution >= 4 is 50.7 Å². The van der Waals surface area contributed by atoms with E-state index in [0.29, 0.717) is 13.1 Å². The van der Waals surface area contributed by atoms with E-state index in [0.717, 1.165) is 16.5 Å². The van der Waals surface area contributed by atoms with Crippen molar-refractivity contribution < 1.29 is 4.79 Å². The van der Waals surface area contributed by atoms with Gasteiger partial charge in [-0.1, -0.05) is 0 Å². The largest absolute Gasteiger partial charge is 0.379 e. The summed E-state index contributed by atoms with van der Waals surface area (Å²) in [5.41, 5.74) is 2.02. The fraction of sp³-hybridized carbons (Fsp3) is 0.286. The van der Waals surface area contributed by atoms with Gasteiger partial charge < -0.3 is 5.32 Å². The van der Waals surface area contributed by atoms with Crippen molar-refractivity contribution in [1.82, 2.24) is 4.98 Å². The summed E-state index contributed by atoms with van der Waals surface area (Å²) >= 11 is 3.78. The number of hydrogen-bond donors (Lipinski definition) is 1. The Balaban J connectivity index is 1.99. The van der Waals surface area contributed by atoms with Gasteiger partial charge in [0.25, 0.3) is 0 Å². The number of benzene rings is 1. The summed E-state index contributed by atoms with van der Waals surface area (Å²) in [6, 6.07) is 8.21. The Morgan fingerprint density at radius 2 is 2.10 bits per heavy atom. The molecule has 1 aromatic carbocycles. The zero-order valence-electron chi connectivity index (χ0n) is 11.4. The highest BCUT2D eigenvalue weighted by atomic mass is 127. The number of carbonyl (C=O) groups excluding carboxylic acids is 1. The van der Waals surface area contributed by atoms with Crippen LogP contribution in [0.15, 0.2) is 29.6 Å². The fourth-order valence-electron chi connectivity index (χ4n) is 1.75. The van der Waals surface area contributed by atoms with E-state index >= 15 is 0 Å². The molecule has 1 heterocycles. The summed E-state index contributed by atoms with van der Waals surface area (Å²) in [7, 11) is 0. The Kier molecular flexibility index (Phi) is 5.36. The van der Waals surface area contributed by atoms with Gasteiger partial charge in [0.05, 0.1) is 12.2 Å². The molecule has 1 N–H and O–H groups in total. The average Bonchev–Trinajstić information content (AvgIpc) is 2.87. The highest BCUT2D eigenvalue weighted by Gasteiger charge is 2.13. The van der Waals surface area contributed by atoms with Gasteiger partial charge in [0.1, 0.15) is 0 Å². The first-order chi connectivity index (χ1) is 9.60. The lowest BCUT2D eigenvalue weighted by Gasteiger charge is -2.14. The van der Waals surface area contributed by atoms with Crippen LogP contribution in [0, 0.1) is 3.57 Å². The molecule has 0 saturated heterocycles. The van der Waals surface area contributed by atoms with Gasteiger partial charge in [-0.05, 0) is 53.8 Å². The number of aromatic nitrogens is 1. The molecule has 0 saturated carbocycles. The molecule has 0 aliphatic heterocycles. The smallest absolute Gasteiger partial charge is 0.225 e. The second-order valence-electron chi connectivity index (χ2n) is 4.25. The molecule has 0 atom stereocenters. The molecule has 0 aliphatic carbocycles. The second-order valence-corrected chi connectivity index (χ2v) is 6.33. The van der Waals surface area contributed by atoms with Gasteiger partial charge in [0, 0.05) is 28.1 Å². The number of carbonyl (C=O) groups is 1. The third-order valence-corrected chi connectivity index (χ3v) is 4.42. The average molecular weight is 401 g/mol. The normalized spacial score (nSPS) is 10.3. The monoisotopic (exact) mass is 401 g/mol. The van der Waals surface area contributed by atoms with Crippen LogP contribution in [-0.4, -0.2) is 17.4 Å². The molecule has 0 unspecified atom stereocenters. The van der Waals surface area contributed by atoms with E-state index in [1.165, 1.54) is 14.9 Å². The van der Waals surface area contributed by atoms with Crippen LogP contribution in [0.2, 0.25) is 0 Å². The van der Waals surface area contributed by atoms with Gasteiger partial charge in [0.15, 0.2) is 5.13 Å². The lowest BCUT2D eigenvalue weighted by molar-refractivity contribution is -0.116. The Hall–Kier alpha value is -1.15.